The van der Waals surface area contributed by atoms with Crippen molar-refractivity contribution in [2.24, 2.45) is 58.0 Å². The maximum Gasteiger partial charge on any atom is 0.302 e. The van der Waals surface area contributed by atoms with Crippen LogP contribution in [-0.2, 0) is 43.4 Å². The SMILES string of the molecule is CC(=O)O[C@H]1CC2C(C3CC[C@H](C(C)CCC(N)=O)[C@]31C)[C@H](OC(C)=O)C[C@@H]1CC3(CC[C@]21C)OOC1(CCC(C)CC1)OO3. The highest BCUT2D eigenvalue weighted by atomic mass is 17.4. The summed E-state index contributed by atoms with van der Waals surface area (Å²) in [6.45, 7) is 12.1. The molecule has 0 aromatic rings. The Morgan fingerprint density at radius 1 is 0.844 bits per heavy atom. The largest absolute Gasteiger partial charge is 0.462 e. The van der Waals surface area contributed by atoms with Gasteiger partial charge in [-0.2, -0.15) is 19.6 Å². The Balaban J connectivity index is 1.28. The molecule has 1 amide bonds. The first-order chi connectivity index (χ1) is 21.2. The number of hydrogen-bond acceptors (Lipinski definition) is 9. The van der Waals surface area contributed by atoms with E-state index in [-0.39, 0.29) is 76.4 Å². The van der Waals surface area contributed by atoms with E-state index in [0.29, 0.717) is 44.4 Å². The van der Waals surface area contributed by atoms with Crippen molar-refractivity contribution in [2.45, 2.75) is 149 Å². The quantitative estimate of drug-likeness (QED) is 0.270. The van der Waals surface area contributed by atoms with Crippen molar-refractivity contribution >= 4 is 17.8 Å². The Morgan fingerprint density at radius 3 is 2.11 bits per heavy atom. The minimum atomic E-state index is -1.00. The number of ether oxygens (including phenoxy) is 2. The second kappa shape index (κ2) is 12.0. The Morgan fingerprint density at radius 2 is 1.49 bits per heavy atom. The molecule has 6 rings (SSSR count). The van der Waals surface area contributed by atoms with Gasteiger partial charge >= 0.3 is 11.9 Å². The molecule has 0 aromatic carbocycles. The predicted molar refractivity (Wildman–Crippen MR) is 162 cm³/mol. The van der Waals surface area contributed by atoms with E-state index in [2.05, 4.69) is 27.7 Å². The molecule has 0 aromatic heterocycles. The zero-order valence-electron chi connectivity index (χ0n) is 28.1. The standard InChI is InChI=1S/C35H55NO9/c1-20-11-13-34(14-12-20)42-44-35(45-43-34)16-15-32(5)24(19-35)17-28(40-22(3)37)31-26-9-8-25(21(2)7-10-30(36)39)33(26,6)29(18-27(31)32)41-23(4)38/h20-21,24-29,31H,7-19H2,1-6H3,(H2,36,39)/t20?,21?,24-,25-,26?,27?,28-,29+,31?,32+,33-,34?,35?/m1/s1. The van der Waals surface area contributed by atoms with Crippen molar-refractivity contribution in [1.82, 2.24) is 0 Å². The molecule has 2 spiro atoms. The van der Waals surface area contributed by atoms with Crippen LogP contribution in [0.4, 0.5) is 0 Å². The maximum atomic E-state index is 12.6. The van der Waals surface area contributed by atoms with Gasteiger partial charge in [0.15, 0.2) is 0 Å². The first kappa shape index (κ1) is 33.2. The fourth-order valence-corrected chi connectivity index (χ4v) is 11.2. The first-order valence-electron chi connectivity index (χ1n) is 17.6. The van der Waals surface area contributed by atoms with Gasteiger partial charge in [-0.05, 0) is 92.3 Å². The number of nitrogens with two attached hydrogens (primary N) is 1. The molecule has 6 aliphatic rings. The van der Waals surface area contributed by atoms with Crippen LogP contribution in [0.1, 0.15) is 125 Å². The van der Waals surface area contributed by atoms with Crippen molar-refractivity contribution in [3.05, 3.63) is 0 Å². The average molecular weight is 634 g/mol. The van der Waals surface area contributed by atoms with E-state index in [1.165, 1.54) is 13.8 Å². The lowest BCUT2D eigenvalue weighted by atomic mass is 9.42. The van der Waals surface area contributed by atoms with Gasteiger partial charge in [-0.1, -0.05) is 27.7 Å². The molecule has 5 aliphatic carbocycles. The summed E-state index contributed by atoms with van der Waals surface area (Å²) >= 11 is 0. The molecule has 10 atom stereocenters. The third-order valence-electron chi connectivity index (χ3n) is 13.7. The summed E-state index contributed by atoms with van der Waals surface area (Å²) in [5.41, 5.74) is 5.12. The third kappa shape index (κ3) is 5.84. The molecule has 10 nitrogen and oxygen atoms in total. The minimum Gasteiger partial charge on any atom is -0.462 e. The van der Waals surface area contributed by atoms with Crippen LogP contribution < -0.4 is 5.73 Å². The number of fused-ring (bicyclic) bond motifs is 5. The highest BCUT2D eigenvalue weighted by Gasteiger charge is 2.69. The molecule has 1 heterocycles. The molecule has 2 N–H and O–H groups in total. The lowest BCUT2D eigenvalue weighted by molar-refractivity contribution is -0.665. The van der Waals surface area contributed by atoms with Crippen LogP contribution in [0.5, 0.6) is 0 Å². The van der Waals surface area contributed by atoms with Crippen LogP contribution in [0.2, 0.25) is 0 Å². The normalized spacial score (nSPS) is 48.1. The highest BCUT2D eigenvalue weighted by molar-refractivity contribution is 5.73. The Labute approximate surface area is 267 Å². The zero-order chi connectivity index (χ0) is 32.4. The Kier molecular flexibility index (Phi) is 8.88. The van der Waals surface area contributed by atoms with Gasteiger partial charge in [0.25, 0.3) is 0 Å². The number of carbonyl (C=O) groups is 3. The van der Waals surface area contributed by atoms with Gasteiger partial charge < -0.3 is 15.2 Å². The monoisotopic (exact) mass is 633 g/mol. The topological polar surface area (TPSA) is 133 Å². The number of rotatable bonds is 6. The van der Waals surface area contributed by atoms with Gasteiger partial charge in [0, 0.05) is 57.3 Å². The zero-order valence-corrected chi connectivity index (χ0v) is 28.1. The van der Waals surface area contributed by atoms with E-state index >= 15 is 0 Å². The van der Waals surface area contributed by atoms with Crippen LogP contribution in [0.15, 0.2) is 0 Å². The van der Waals surface area contributed by atoms with Crippen LogP contribution in [0.3, 0.4) is 0 Å². The van der Waals surface area contributed by atoms with E-state index in [0.717, 1.165) is 44.9 Å². The molecule has 1 saturated heterocycles. The van der Waals surface area contributed by atoms with Gasteiger partial charge in [-0.3, -0.25) is 14.4 Å². The Bertz CT molecular complexity index is 1140. The molecule has 45 heavy (non-hydrogen) atoms. The number of esters is 2. The van der Waals surface area contributed by atoms with Crippen LogP contribution in [0, 0.1) is 52.3 Å². The van der Waals surface area contributed by atoms with Crippen molar-refractivity contribution in [1.29, 1.82) is 0 Å². The maximum absolute atomic E-state index is 12.6. The van der Waals surface area contributed by atoms with Gasteiger partial charge in [0.2, 0.25) is 17.5 Å². The third-order valence-corrected chi connectivity index (χ3v) is 13.7. The summed E-state index contributed by atoms with van der Waals surface area (Å²) in [6, 6.07) is 0. The predicted octanol–water partition coefficient (Wildman–Crippen LogP) is 6.14. The molecule has 0 radical (unpaired) electrons. The molecular weight excluding hydrogens is 578 g/mol. The summed E-state index contributed by atoms with van der Waals surface area (Å²) in [5.74, 6) is -0.882. The van der Waals surface area contributed by atoms with Gasteiger partial charge in [0.1, 0.15) is 12.2 Å². The molecule has 254 valence electrons. The second-order valence-corrected chi connectivity index (χ2v) is 16.3. The summed E-state index contributed by atoms with van der Waals surface area (Å²) in [6.07, 6.45) is 9.41. The number of amides is 1. The molecule has 6 fully saturated rings. The molecule has 10 heteroatoms. The van der Waals surface area contributed by atoms with E-state index < -0.39 is 11.6 Å². The smallest absolute Gasteiger partial charge is 0.302 e. The summed E-state index contributed by atoms with van der Waals surface area (Å²) in [7, 11) is 0. The number of carbonyl (C=O) groups excluding carboxylic acids is 3. The average Bonchev–Trinajstić information content (AvgIpc) is 3.34. The summed E-state index contributed by atoms with van der Waals surface area (Å²) < 4.78 is 12.5. The minimum absolute atomic E-state index is 0.107. The van der Waals surface area contributed by atoms with Crippen LogP contribution in [-0.4, -0.2) is 41.6 Å². The Hall–Kier alpha value is -1.75. The van der Waals surface area contributed by atoms with E-state index in [9.17, 15) is 14.4 Å². The van der Waals surface area contributed by atoms with Gasteiger partial charge in [0.05, 0.1) is 0 Å². The van der Waals surface area contributed by atoms with Gasteiger partial charge in [-0.15, -0.1) is 0 Å². The second-order valence-electron chi connectivity index (χ2n) is 16.3. The molecule has 5 saturated carbocycles. The van der Waals surface area contributed by atoms with Crippen LogP contribution in [0.25, 0.3) is 0 Å². The van der Waals surface area contributed by atoms with E-state index in [1.54, 1.807) is 0 Å². The summed E-state index contributed by atoms with van der Waals surface area (Å²) in [5, 5.41) is 0. The molecule has 0 bridgehead atoms. The van der Waals surface area contributed by atoms with Crippen molar-refractivity contribution in [3.63, 3.8) is 0 Å². The number of primary amides is 1. The van der Waals surface area contributed by atoms with Crippen LogP contribution >= 0.6 is 0 Å². The van der Waals surface area contributed by atoms with Gasteiger partial charge in [-0.25, -0.2) is 0 Å². The van der Waals surface area contributed by atoms with E-state index in [1.807, 2.05) is 0 Å². The highest BCUT2D eigenvalue weighted by Crippen LogP contribution is 2.70. The fraction of sp³-hybridized carbons (Fsp3) is 0.914. The fourth-order valence-electron chi connectivity index (χ4n) is 11.2. The van der Waals surface area contributed by atoms with Crippen molar-refractivity contribution < 1.29 is 43.4 Å². The molecular formula is C35H55NO9. The van der Waals surface area contributed by atoms with E-state index in [4.69, 9.17) is 34.8 Å². The number of hydrogen-bond donors (Lipinski definition) is 1. The van der Waals surface area contributed by atoms with Crippen molar-refractivity contribution in [2.75, 3.05) is 0 Å². The van der Waals surface area contributed by atoms with Crippen molar-refractivity contribution in [3.8, 4) is 0 Å². The lowest BCUT2D eigenvalue weighted by Gasteiger charge is -2.65. The molecule has 4 unspecified atom stereocenters. The summed E-state index contributed by atoms with van der Waals surface area (Å²) in [4.78, 5) is 61.3. The first-order valence-corrected chi connectivity index (χ1v) is 17.6. The lowest BCUT2D eigenvalue weighted by Crippen LogP contribution is -2.65. The molecule has 1 aliphatic heterocycles.